The van der Waals surface area contributed by atoms with Crippen molar-refractivity contribution in [3.8, 4) is 0 Å². The summed E-state index contributed by atoms with van der Waals surface area (Å²) < 4.78 is 35.3. The number of nitrogens with one attached hydrogen (secondary N) is 1. The minimum atomic E-state index is -4.95. The molecule has 2 N–H and O–H groups in total. The molecule has 88 valence electrons. The number of rotatable bonds is 3. The molecule has 0 unspecified atom stereocenters. The summed E-state index contributed by atoms with van der Waals surface area (Å²) in [4.78, 5) is 24.3. The van der Waals surface area contributed by atoms with Gasteiger partial charge in [-0.15, -0.1) is 11.3 Å². The summed E-state index contributed by atoms with van der Waals surface area (Å²) in [5.41, 5.74) is 0. The molecular formula is C7H5F3N2O3S. The molecular weight excluding hydrogens is 249 g/mol. The maximum atomic E-state index is 11.8. The first-order chi connectivity index (χ1) is 7.30. The lowest BCUT2D eigenvalue weighted by atomic mass is 10.5. The van der Waals surface area contributed by atoms with E-state index in [0.717, 1.165) is 6.20 Å². The number of aromatic nitrogens is 1. The highest BCUT2D eigenvalue weighted by molar-refractivity contribution is 7.13. The Balaban J connectivity index is 2.55. The molecule has 0 fully saturated rings. The molecule has 1 aromatic rings. The first-order valence-corrected chi connectivity index (χ1v) is 4.65. The highest BCUT2D eigenvalue weighted by Crippen LogP contribution is 2.16. The second-order valence-corrected chi connectivity index (χ2v) is 3.72. The van der Waals surface area contributed by atoms with Gasteiger partial charge >= 0.3 is 18.1 Å². The van der Waals surface area contributed by atoms with Crippen LogP contribution in [-0.2, 0) is 11.3 Å². The lowest BCUT2D eigenvalue weighted by Gasteiger charge is -2.05. The van der Waals surface area contributed by atoms with Crippen molar-refractivity contribution in [2.45, 2.75) is 12.7 Å². The molecule has 0 aliphatic heterocycles. The van der Waals surface area contributed by atoms with E-state index in [9.17, 15) is 22.8 Å². The van der Waals surface area contributed by atoms with Crippen molar-refractivity contribution in [1.29, 1.82) is 0 Å². The Bertz CT molecular complexity index is 415. The fourth-order valence-corrected chi connectivity index (χ4v) is 1.44. The third kappa shape index (κ3) is 3.19. The zero-order chi connectivity index (χ0) is 12.3. The van der Waals surface area contributed by atoms with E-state index in [1.54, 1.807) is 5.32 Å². The van der Waals surface area contributed by atoms with Gasteiger partial charge in [-0.05, 0) is 0 Å². The Morgan fingerprint density at radius 3 is 2.56 bits per heavy atom. The minimum Gasteiger partial charge on any atom is -0.477 e. The van der Waals surface area contributed by atoms with Gasteiger partial charge in [0.25, 0.3) is 0 Å². The maximum Gasteiger partial charge on any atom is 0.471 e. The quantitative estimate of drug-likeness (QED) is 0.844. The minimum absolute atomic E-state index is 0.0926. The summed E-state index contributed by atoms with van der Waals surface area (Å²) in [6.07, 6.45) is -3.94. The second-order valence-electron chi connectivity index (χ2n) is 2.60. The normalized spacial score (nSPS) is 11.2. The average Bonchev–Trinajstić information content (AvgIpc) is 2.60. The number of carbonyl (C=O) groups excluding carboxylic acids is 1. The summed E-state index contributed by atoms with van der Waals surface area (Å²) in [6, 6.07) is 0. The summed E-state index contributed by atoms with van der Waals surface area (Å²) in [5.74, 6) is -3.30. The average molecular weight is 254 g/mol. The zero-order valence-electron chi connectivity index (χ0n) is 7.54. The highest BCUT2D eigenvalue weighted by atomic mass is 32.1. The molecule has 9 heteroatoms. The van der Waals surface area contributed by atoms with Crippen LogP contribution in [0.1, 0.15) is 14.7 Å². The molecule has 0 aliphatic carbocycles. The van der Waals surface area contributed by atoms with E-state index in [4.69, 9.17) is 5.11 Å². The van der Waals surface area contributed by atoms with E-state index >= 15 is 0 Å². The van der Waals surface area contributed by atoms with Gasteiger partial charge in [0.2, 0.25) is 0 Å². The molecule has 16 heavy (non-hydrogen) atoms. The molecule has 0 radical (unpaired) electrons. The molecule has 1 rings (SSSR count). The molecule has 0 spiro atoms. The van der Waals surface area contributed by atoms with Crippen molar-refractivity contribution >= 4 is 23.2 Å². The van der Waals surface area contributed by atoms with Crippen molar-refractivity contribution in [3.63, 3.8) is 0 Å². The van der Waals surface area contributed by atoms with E-state index < -0.39 is 24.6 Å². The van der Waals surface area contributed by atoms with Crippen molar-refractivity contribution in [1.82, 2.24) is 10.3 Å². The zero-order valence-corrected chi connectivity index (χ0v) is 8.35. The topological polar surface area (TPSA) is 79.3 Å². The maximum absolute atomic E-state index is 11.8. The SMILES string of the molecule is O=C(O)c1cnc(CNC(=O)C(F)(F)F)s1. The lowest BCUT2D eigenvalue weighted by molar-refractivity contribution is -0.173. The summed E-state index contributed by atoms with van der Waals surface area (Å²) in [6.45, 7) is -0.448. The van der Waals surface area contributed by atoms with Crippen LogP contribution in [0, 0.1) is 0 Å². The molecule has 0 saturated heterocycles. The van der Waals surface area contributed by atoms with Gasteiger partial charge in [-0.2, -0.15) is 13.2 Å². The Morgan fingerprint density at radius 1 is 1.50 bits per heavy atom. The molecule has 1 aromatic heterocycles. The molecule has 0 saturated carbocycles. The van der Waals surface area contributed by atoms with Gasteiger partial charge < -0.3 is 10.4 Å². The number of halogens is 3. The van der Waals surface area contributed by atoms with Crippen LogP contribution in [0.2, 0.25) is 0 Å². The number of hydrogen-bond donors (Lipinski definition) is 2. The van der Waals surface area contributed by atoms with E-state index in [-0.39, 0.29) is 9.88 Å². The predicted molar refractivity (Wildman–Crippen MR) is 47.0 cm³/mol. The first-order valence-electron chi connectivity index (χ1n) is 3.83. The molecule has 1 heterocycles. The highest BCUT2D eigenvalue weighted by Gasteiger charge is 2.38. The smallest absolute Gasteiger partial charge is 0.471 e. The largest absolute Gasteiger partial charge is 0.477 e. The van der Waals surface area contributed by atoms with Crippen molar-refractivity contribution in [2.24, 2.45) is 0 Å². The van der Waals surface area contributed by atoms with Gasteiger partial charge in [-0.3, -0.25) is 4.79 Å². The van der Waals surface area contributed by atoms with Crippen LogP contribution in [-0.4, -0.2) is 28.1 Å². The molecule has 0 aromatic carbocycles. The summed E-state index contributed by atoms with van der Waals surface area (Å²) in [5, 5.41) is 10.2. The molecule has 0 atom stereocenters. The van der Waals surface area contributed by atoms with Gasteiger partial charge in [0.15, 0.2) is 0 Å². The van der Waals surface area contributed by atoms with Crippen LogP contribution < -0.4 is 5.32 Å². The van der Waals surface area contributed by atoms with Crippen LogP contribution in [0.4, 0.5) is 13.2 Å². The number of nitrogens with zero attached hydrogens (tertiary/aromatic N) is 1. The Hall–Kier alpha value is -1.64. The number of carboxylic acid groups (broad SMARTS) is 1. The number of amides is 1. The van der Waals surface area contributed by atoms with Crippen molar-refractivity contribution in [2.75, 3.05) is 0 Å². The fraction of sp³-hybridized carbons (Fsp3) is 0.286. The van der Waals surface area contributed by atoms with Crippen molar-refractivity contribution in [3.05, 3.63) is 16.1 Å². The van der Waals surface area contributed by atoms with E-state index in [2.05, 4.69) is 4.98 Å². The number of aromatic carboxylic acids is 1. The third-order valence-corrected chi connectivity index (χ3v) is 2.41. The van der Waals surface area contributed by atoms with E-state index in [1.165, 1.54) is 0 Å². The van der Waals surface area contributed by atoms with Crippen LogP contribution in [0.3, 0.4) is 0 Å². The second kappa shape index (κ2) is 4.47. The summed E-state index contributed by atoms with van der Waals surface area (Å²) >= 11 is 0.701. The van der Waals surface area contributed by atoms with Gasteiger partial charge in [-0.25, -0.2) is 9.78 Å². The number of hydrogen-bond acceptors (Lipinski definition) is 4. The number of carboxylic acids is 1. The number of carbonyl (C=O) groups is 2. The molecule has 0 aliphatic rings. The number of alkyl halides is 3. The third-order valence-electron chi connectivity index (χ3n) is 1.42. The van der Waals surface area contributed by atoms with E-state index in [1.807, 2.05) is 0 Å². The standard InChI is InChI=1S/C7H5F3N2O3S/c8-7(9,10)6(15)12-2-4-11-1-3(16-4)5(13)14/h1H,2H2,(H,12,15)(H,13,14). The summed E-state index contributed by atoms with van der Waals surface area (Å²) in [7, 11) is 0. The monoisotopic (exact) mass is 254 g/mol. The van der Waals surface area contributed by atoms with Crippen LogP contribution in [0.15, 0.2) is 6.20 Å². The van der Waals surface area contributed by atoms with Gasteiger partial charge in [0.05, 0.1) is 12.7 Å². The van der Waals surface area contributed by atoms with Crippen molar-refractivity contribution < 1.29 is 27.9 Å². The van der Waals surface area contributed by atoms with Crippen LogP contribution in [0.5, 0.6) is 0 Å². The van der Waals surface area contributed by atoms with Gasteiger partial charge in [0.1, 0.15) is 9.88 Å². The Kier molecular flexibility index (Phi) is 3.48. The molecule has 1 amide bonds. The Morgan fingerprint density at radius 2 is 2.12 bits per heavy atom. The molecule has 5 nitrogen and oxygen atoms in total. The van der Waals surface area contributed by atoms with Gasteiger partial charge in [0, 0.05) is 0 Å². The fourth-order valence-electron chi connectivity index (χ4n) is 0.747. The predicted octanol–water partition coefficient (Wildman–Crippen LogP) is 1.02. The van der Waals surface area contributed by atoms with Gasteiger partial charge in [-0.1, -0.05) is 0 Å². The van der Waals surface area contributed by atoms with E-state index in [0.29, 0.717) is 11.3 Å². The van der Waals surface area contributed by atoms with Crippen LogP contribution >= 0.6 is 11.3 Å². The Labute approximate surface area is 90.9 Å². The first kappa shape index (κ1) is 12.4. The van der Waals surface area contributed by atoms with Crippen LogP contribution in [0.25, 0.3) is 0 Å². The molecule has 0 bridgehead atoms. The number of thiazole rings is 1. The lowest BCUT2D eigenvalue weighted by Crippen LogP contribution is -2.36.